The number of aromatic amines is 1. The van der Waals surface area contributed by atoms with E-state index in [1.807, 2.05) is 71.6 Å². The number of aromatic nitrogens is 4. The van der Waals surface area contributed by atoms with Crippen molar-refractivity contribution < 1.29 is 9.59 Å². The Bertz CT molecular complexity index is 1390. The lowest BCUT2D eigenvalue weighted by atomic mass is 9.98. The van der Waals surface area contributed by atoms with Crippen molar-refractivity contribution in [2.24, 2.45) is 0 Å². The number of benzene rings is 3. The summed E-state index contributed by atoms with van der Waals surface area (Å²) in [5.74, 6) is 0.418. The number of nitrogens with zero attached hydrogens (tertiary/aromatic N) is 6. The number of hydrogen-bond acceptors (Lipinski definition) is 6. The zero-order chi connectivity index (χ0) is 25.2. The molecule has 1 N–H and O–H groups in total. The zero-order valence-electron chi connectivity index (χ0n) is 20.3. The van der Waals surface area contributed by atoms with Crippen molar-refractivity contribution in [2.75, 3.05) is 32.7 Å². The lowest BCUT2D eigenvalue weighted by molar-refractivity contribution is -0.142. The maximum absolute atomic E-state index is 13.4. The summed E-state index contributed by atoms with van der Waals surface area (Å²) < 4.78 is 0. The number of H-pyrrole nitrogens is 1. The summed E-state index contributed by atoms with van der Waals surface area (Å²) in [7, 11) is 0. The van der Waals surface area contributed by atoms with Gasteiger partial charge >= 0.3 is 0 Å². The van der Waals surface area contributed by atoms with Gasteiger partial charge in [0.15, 0.2) is 0 Å². The van der Waals surface area contributed by atoms with Gasteiger partial charge < -0.3 is 9.80 Å². The fourth-order valence-electron chi connectivity index (χ4n) is 5.30. The van der Waals surface area contributed by atoms with E-state index in [1.54, 1.807) is 4.90 Å². The van der Waals surface area contributed by atoms with Crippen LogP contribution in [0.25, 0.3) is 22.5 Å². The highest BCUT2D eigenvalue weighted by atomic mass is 16.2. The van der Waals surface area contributed by atoms with Crippen molar-refractivity contribution in [2.45, 2.75) is 12.6 Å². The Hall–Kier alpha value is -4.37. The lowest BCUT2D eigenvalue weighted by Crippen LogP contribution is -2.64. The van der Waals surface area contributed by atoms with E-state index in [1.165, 1.54) is 5.56 Å². The third-order valence-corrected chi connectivity index (χ3v) is 7.14. The molecule has 3 aromatic carbocycles. The van der Waals surface area contributed by atoms with Gasteiger partial charge in [-0.2, -0.15) is 5.21 Å². The lowest BCUT2D eigenvalue weighted by Gasteiger charge is -2.47. The minimum Gasteiger partial charge on any atom is -0.334 e. The van der Waals surface area contributed by atoms with Crippen molar-refractivity contribution in [3.05, 3.63) is 90.0 Å². The molecule has 0 bridgehead atoms. The van der Waals surface area contributed by atoms with Crippen molar-refractivity contribution in [1.82, 2.24) is 35.3 Å². The van der Waals surface area contributed by atoms with Crippen LogP contribution in [0.4, 0.5) is 0 Å². The highest BCUT2D eigenvalue weighted by Crippen LogP contribution is 2.30. The first-order valence-electron chi connectivity index (χ1n) is 12.4. The second kappa shape index (κ2) is 9.94. The number of carbonyl (C=O) groups is 2. The standard InChI is InChI=1S/C28H27N7O2/c36-26-19-34(18-23-17-33(14-15-35(23)26)16-20-6-2-1-3-7-20)28(37)22-12-10-21(11-13-22)24-8-4-5-9-25(24)27-29-31-32-30-27/h1-13,23H,14-19H2,(H,29,30,31,32). The number of amides is 2. The molecule has 2 aliphatic rings. The second-order valence-electron chi connectivity index (χ2n) is 9.51. The van der Waals surface area contributed by atoms with Crippen LogP contribution in [0.2, 0.25) is 0 Å². The Morgan fingerprint density at radius 1 is 0.892 bits per heavy atom. The summed E-state index contributed by atoms with van der Waals surface area (Å²) in [6.45, 7) is 3.82. The third-order valence-electron chi connectivity index (χ3n) is 7.14. The van der Waals surface area contributed by atoms with Gasteiger partial charge in [-0.3, -0.25) is 14.5 Å². The van der Waals surface area contributed by atoms with Crippen LogP contribution in [0.15, 0.2) is 78.9 Å². The summed E-state index contributed by atoms with van der Waals surface area (Å²) in [4.78, 5) is 32.3. The Morgan fingerprint density at radius 2 is 1.65 bits per heavy atom. The van der Waals surface area contributed by atoms with Crippen molar-refractivity contribution in [3.63, 3.8) is 0 Å². The van der Waals surface area contributed by atoms with E-state index in [9.17, 15) is 9.59 Å². The Labute approximate surface area is 214 Å². The molecule has 0 aliphatic carbocycles. The molecule has 6 rings (SSSR count). The zero-order valence-corrected chi connectivity index (χ0v) is 20.3. The fraction of sp³-hybridized carbons (Fsp3) is 0.250. The van der Waals surface area contributed by atoms with E-state index >= 15 is 0 Å². The molecule has 9 nitrogen and oxygen atoms in total. The Kier molecular flexibility index (Phi) is 6.20. The van der Waals surface area contributed by atoms with Crippen molar-refractivity contribution >= 4 is 11.8 Å². The highest BCUT2D eigenvalue weighted by Gasteiger charge is 2.38. The molecule has 2 saturated heterocycles. The molecule has 37 heavy (non-hydrogen) atoms. The molecule has 0 spiro atoms. The molecule has 1 atom stereocenters. The van der Waals surface area contributed by atoms with Crippen LogP contribution in [0, 0.1) is 0 Å². The van der Waals surface area contributed by atoms with E-state index < -0.39 is 0 Å². The molecule has 186 valence electrons. The van der Waals surface area contributed by atoms with Gasteiger partial charge in [0.1, 0.15) is 6.54 Å². The second-order valence-corrected chi connectivity index (χ2v) is 9.51. The maximum atomic E-state index is 13.4. The topological polar surface area (TPSA) is 98.3 Å². The molecule has 2 amide bonds. The molecular formula is C28H27N7O2. The summed E-state index contributed by atoms with van der Waals surface area (Å²) in [6, 6.07) is 25.7. The van der Waals surface area contributed by atoms with Gasteiger partial charge in [0.05, 0.1) is 6.04 Å². The third kappa shape index (κ3) is 4.73. The highest BCUT2D eigenvalue weighted by molar-refractivity contribution is 5.97. The molecular weight excluding hydrogens is 466 g/mol. The number of tetrazole rings is 1. The van der Waals surface area contributed by atoms with Crippen molar-refractivity contribution in [1.29, 1.82) is 0 Å². The van der Waals surface area contributed by atoms with Crippen LogP contribution in [0.1, 0.15) is 15.9 Å². The Morgan fingerprint density at radius 3 is 2.41 bits per heavy atom. The van der Waals surface area contributed by atoms with Crippen LogP contribution >= 0.6 is 0 Å². The number of hydrogen-bond donors (Lipinski definition) is 1. The van der Waals surface area contributed by atoms with Gasteiger partial charge in [0, 0.05) is 43.9 Å². The normalized spacial score (nSPS) is 18.1. The quantitative estimate of drug-likeness (QED) is 0.459. The van der Waals surface area contributed by atoms with Crippen LogP contribution in [-0.2, 0) is 11.3 Å². The van der Waals surface area contributed by atoms with Gasteiger partial charge in [0.2, 0.25) is 11.7 Å². The molecule has 3 heterocycles. The van der Waals surface area contributed by atoms with Crippen LogP contribution < -0.4 is 0 Å². The molecule has 2 fully saturated rings. The minimum atomic E-state index is -0.119. The molecule has 2 aliphatic heterocycles. The number of fused-ring (bicyclic) bond motifs is 1. The molecule has 9 heteroatoms. The maximum Gasteiger partial charge on any atom is 0.254 e. The monoisotopic (exact) mass is 493 g/mol. The first-order chi connectivity index (χ1) is 18.2. The van der Waals surface area contributed by atoms with Crippen LogP contribution in [0.3, 0.4) is 0 Å². The van der Waals surface area contributed by atoms with E-state index in [2.05, 4.69) is 37.7 Å². The average molecular weight is 494 g/mol. The van der Waals surface area contributed by atoms with E-state index in [0.29, 0.717) is 24.5 Å². The van der Waals surface area contributed by atoms with Crippen molar-refractivity contribution in [3.8, 4) is 22.5 Å². The number of carbonyl (C=O) groups excluding carboxylic acids is 2. The van der Waals surface area contributed by atoms with Crippen LogP contribution in [-0.4, -0.2) is 85.9 Å². The Balaban J connectivity index is 1.16. The van der Waals surface area contributed by atoms with Gasteiger partial charge in [-0.15, -0.1) is 10.2 Å². The molecule has 0 radical (unpaired) electrons. The SMILES string of the molecule is O=C(c1ccc(-c2ccccc2-c2nn[nH]n2)cc1)N1CC(=O)N2CCN(Cc3ccccc3)CC2C1. The summed E-state index contributed by atoms with van der Waals surface area (Å²) in [6.07, 6.45) is 0. The first-order valence-corrected chi connectivity index (χ1v) is 12.4. The fourth-order valence-corrected chi connectivity index (χ4v) is 5.30. The smallest absolute Gasteiger partial charge is 0.254 e. The van der Waals surface area contributed by atoms with E-state index in [-0.39, 0.29) is 24.4 Å². The van der Waals surface area contributed by atoms with Gasteiger partial charge in [-0.05, 0) is 34.0 Å². The number of piperazine rings is 2. The molecule has 4 aromatic rings. The van der Waals surface area contributed by atoms with Gasteiger partial charge in [-0.1, -0.05) is 66.7 Å². The molecule has 0 saturated carbocycles. The molecule has 1 unspecified atom stereocenters. The summed E-state index contributed by atoms with van der Waals surface area (Å²) >= 11 is 0. The number of nitrogens with one attached hydrogen (secondary N) is 1. The van der Waals surface area contributed by atoms with Gasteiger partial charge in [0.25, 0.3) is 5.91 Å². The summed E-state index contributed by atoms with van der Waals surface area (Å²) in [5.41, 5.74) is 4.58. The van der Waals surface area contributed by atoms with Crippen LogP contribution in [0.5, 0.6) is 0 Å². The van der Waals surface area contributed by atoms with Gasteiger partial charge in [-0.25, -0.2) is 0 Å². The van der Waals surface area contributed by atoms with E-state index in [0.717, 1.165) is 36.3 Å². The summed E-state index contributed by atoms with van der Waals surface area (Å²) in [5, 5.41) is 14.4. The first kappa shape index (κ1) is 23.1. The van der Waals surface area contributed by atoms with E-state index in [4.69, 9.17) is 0 Å². The average Bonchev–Trinajstić information content (AvgIpc) is 3.48. The minimum absolute atomic E-state index is 0.00349. The predicted octanol–water partition coefficient (Wildman–Crippen LogP) is 2.70. The molecule has 1 aromatic heterocycles. The largest absolute Gasteiger partial charge is 0.334 e. The number of rotatable bonds is 5. The predicted molar refractivity (Wildman–Crippen MR) is 138 cm³/mol.